The van der Waals surface area contributed by atoms with Gasteiger partial charge in [-0.2, -0.15) is 0 Å². The molecule has 1 fully saturated rings. The van der Waals surface area contributed by atoms with Gasteiger partial charge in [-0.3, -0.25) is 9.59 Å². The molecule has 3 aromatic rings. The van der Waals surface area contributed by atoms with Crippen molar-refractivity contribution in [3.8, 4) is 5.75 Å². The first-order valence-corrected chi connectivity index (χ1v) is 12.2. The van der Waals surface area contributed by atoms with E-state index in [1.165, 1.54) is 6.07 Å². The van der Waals surface area contributed by atoms with Gasteiger partial charge in [0, 0.05) is 31.6 Å². The molecule has 4 rings (SSSR count). The summed E-state index contributed by atoms with van der Waals surface area (Å²) in [5, 5.41) is 20.1. The first-order chi connectivity index (χ1) is 16.5. The van der Waals surface area contributed by atoms with Gasteiger partial charge in [0.15, 0.2) is 0 Å². The monoisotopic (exact) mass is 517 g/mol. The zero-order valence-electron chi connectivity index (χ0n) is 20.1. The summed E-state index contributed by atoms with van der Waals surface area (Å²) in [5.41, 5.74) is 1.96. The largest absolute Gasteiger partial charge is 0.507 e. The van der Waals surface area contributed by atoms with Crippen LogP contribution in [0.3, 0.4) is 0 Å². The Kier molecular flexibility index (Phi) is 6.88. The number of amides is 2. The molecule has 10 heteroatoms. The quantitative estimate of drug-likeness (QED) is 0.347. The summed E-state index contributed by atoms with van der Waals surface area (Å²) < 4.78 is 1.74. The van der Waals surface area contributed by atoms with Crippen molar-refractivity contribution in [1.82, 2.24) is 20.2 Å². The number of phenolic OH excluding ortho intramolecular Hbond substituents is 1. The third-order valence-corrected chi connectivity index (χ3v) is 6.77. The van der Waals surface area contributed by atoms with Crippen molar-refractivity contribution in [3.05, 3.63) is 45.4 Å². The minimum atomic E-state index is -0.522. The summed E-state index contributed by atoms with van der Waals surface area (Å²) in [6.07, 6.45) is 2.24. The Bertz CT molecular complexity index is 1310. The fourth-order valence-corrected chi connectivity index (χ4v) is 4.11. The van der Waals surface area contributed by atoms with Crippen molar-refractivity contribution in [2.45, 2.75) is 40.2 Å². The SMILES string of the molecule is Cn1c(Nc2c(Cl)ccc(CNC(=O)C(C)(C)C)c2Cl)nc2cc(C(=O)NCC3CC3)c(O)cc21. The number of hydrogen-bond donors (Lipinski definition) is 4. The van der Waals surface area contributed by atoms with Gasteiger partial charge in [-0.15, -0.1) is 0 Å². The Labute approximate surface area is 214 Å². The molecule has 0 spiro atoms. The van der Waals surface area contributed by atoms with Gasteiger partial charge in [-0.25, -0.2) is 4.98 Å². The molecule has 0 radical (unpaired) electrons. The van der Waals surface area contributed by atoms with Gasteiger partial charge in [0.25, 0.3) is 5.91 Å². The number of hydrogen-bond acceptors (Lipinski definition) is 5. The van der Waals surface area contributed by atoms with E-state index in [-0.39, 0.29) is 29.7 Å². The number of rotatable bonds is 7. The highest BCUT2D eigenvalue weighted by molar-refractivity contribution is 6.39. The average molecular weight is 518 g/mol. The Morgan fingerprint density at radius 3 is 2.54 bits per heavy atom. The number of carbonyl (C=O) groups is 2. The Hall–Kier alpha value is -2.97. The van der Waals surface area contributed by atoms with Gasteiger partial charge in [0.2, 0.25) is 11.9 Å². The number of imidazole rings is 1. The summed E-state index contributed by atoms with van der Waals surface area (Å²) in [6.45, 7) is 6.37. The van der Waals surface area contributed by atoms with Crippen molar-refractivity contribution >= 4 is 57.7 Å². The molecule has 1 aliphatic rings. The van der Waals surface area contributed by atoms with Crippen molar-refractivity contribution in [3.63, 3.8) is 0 Å². The van der Waals surface area contributed by atoms with Crippen LogP contribution in [-0.4, -0.2) is 33.0 Å². The lowest BCUT2D eigenvalue weighted by Gasteiger charge is -2.19. The first-order valence-electron chi connectivity index (χ1n) is 11.5. The smallest absolute Gasteiger partial charge is 0.255 e. The molecule has 0 bridgehead atoms. The second kappa shape index (κ2) is 9.59. The van der Waals surface area contributed by atoms with Gasteiger partial charge < -0.3 is 25.6 Å². The molecule has 35 heavy (non-hydrogen) atoms. The molecular formula is C25H29Cl2N5O3. The highest BCUT2D eigenvalue weighted by Gasteiger charge is 2.24. The third kappa shape index (κ3) is 5.49. The zero-order valence-corrected chi connectivity index (χ0v) is 21.6. The maximum absolute atomic E-state index is 12.5. The fraction of sp³-hybridized carbons (Fsp3) is 0.400. The van der Waals surface area contributed by atoms with E-state index in [0.717, 1.165) is 12.8 Å². The topological polar surface area (TPSA) is 108 Å². The van der Waals surface area contributed by atoms with Crippen LogP contribution in [0.15, 0.2) is 24.3 Å². The van der Waals surface area contributed by atoms with Crippen LogP contribution in [0.1, 0.15) is 49.5 Å². The zero-order chi connectivity index (χ0) is 25.5. The summed E-state index contributed by atoms with van der Waals surface area (Å²) in [7, 11) is 1.78. The van der Waals surface area contributed by atoms with Crippen molar-refractivity contribution < 1.29 is 14.7 Å². The Balaban J connectivity index is 1.59. The third-order valence-electron chi connectivity index (χ3n) is 6.02. The van der Waals surface area contributed by atoms with Gasteiger partial charge in [-0.05, 0) is 36.5 Å². The number of aromatic hydroxyl groups is 1. The van der Waals surface area contributed by atoms with Crippen LogP contribution >= 0.6 is 23.2 Å². The van der Waals surface area contributed by atoms with Crippen molar-refractivity contribution in [2.75, 3.05) is 11.9 Å². The van der Waals surface area contributed by atoms with Crippen LogP contribution in [-0.2, 0) is 18.4 Å². The number of nitrogens with one attached hydrogen (secondary N) is 3. The van der Waals surface area contributed by atoms with E-state index in [1.54, 1.807) is 29.8 Å². The second-order valence-corrected chi connectivity index (χ2v) is 10.7. The summed E-state index contributed by atoms with van der Waals surface area (Å²) >= 11 is 13.1. The van der Waals surface area contributed by atoms with E-state index >= 15 is 0 Å². The molecule has 4 N–H and O–H groups in total. The number of carbonyl (C=O) groups excluding carboxylic acids is 2. The summed E-state index contributed by atoms with van der Waals surface area (Å²) in [6, 6.07) is 6.55. The minimum absolute atomic E-state index is 0.0924. The number of aromatic nitrogens is 2. The van der Waals surface area contributed by atoms with Crippen LogP contribution in [0, 0.1) is 11.3 Å². The molecule has 0 unspecified atom stereocenters. The van der Waals surface area contributed by atoms with E-state index < -0.39 is 5.41 Å². The lowest BCUT2D eigenvalue weighted by atomic mass is 9.95. The van der Waals surface area contributed by atoms with Crippen LogP contribution in [0.25, 0.3) is 11.0 Å². The molecular weight excluding hydrogens is 489 g/mol. The molecule has 1 saturated carbocycles. The molecule has 2 aromatic carbocycles. The number of fused-ring (bicyclic) bond motifs is 1. The molecule has 2 amide bonds. The predicted molar refractivity (Wildman–Crippen MR) is 138 cm³/mol. The Morgan fingerprint density at radius 2 is 1.89 bits per heavy atom. The van der Waals surface area contributed by atoms with E-state index in [0.29, 0.717) is 50.7 Å². The molecule has 186 valence electrons. The minimum Gasteiger partial charge on any atom is -0.507 e. The molecule has 8 nitrogen and oxygen atoms in total. The van der Waals surface area contributed by atoms with Crippen molar-refractivity contribution in [1.29, 1.82) is 0 Å². The maximum Gasteiger partial charge on any atom is 0.255 e. The van der Waals surface area contributed by atoms with E-state index in [1.807, 2.05) is 20.8 Å². The number of nitrogens with zero attached hydrogens (tertiary/aromatic N) is 2. The highest BCUT2D eigenvalue weighted by atomic mass is 35.5. The van der Waals surface area contributed by atoms with E-state index in [9.17, 15) is 14.7 Å². The molecule has 1 aromatic heterocycles. The van der Waals surface area contributed by atoms with Crippen LogP contribution in [0.4, 0.5) is 11.6 Å². The predicted octanol–water partition coefficient (Wildman–Crippen LogP) is 5.13. The fourth-order valence-electron chi connectivity index (χ4n) is 3.57. The van der Waals surface area contributed by atoms with Gasteiger partial charge in [0.1, 0.15) is 5.75 Å². The lowest BCUT2D eigenvalue weighted by Crippen LogP contribution is -2.34. The summed E-state index contributed by atoms with van der Waals surface area (Å²) in [5.74, 6) is 0.419. The number of benzene rings is 2. The highest BCUT2D eigenvalue weighted by Crippen LogP contribution is 2.37. The number of halogens is 2. The van der Waals surface area contributed by atoms with Gasteiger partial charge >= 0.3 is 0 Å². The molecule has 0 saturated heterocycles. The van der Waals surface area contributed by atoms with Crippen molar-refractivity contribution in [2.24, 2.45) is 18.4 Å². The van der Waals surface area contributed by atoms with Crippen LogP contribution < -0.4 is 16.0 Å². The molecule has 1 heterocycles. The lowest BCUT2D eigenvalue weighted by molar-refractivity contribution is -0.128. The molecule has 0 atom stereocenters. The number of anilines is 2. The van der Waals surface area contributed by atoms with Crippen LogP contribution in [0.5, 0.6) is 5.75 Å². The van der Waals surface area contributed by atoms with Crippen LogP contribution in [0.2, 0.25) is 10.0 Å². The first kappa shape index (κ1) is 25.1. The standard InChI is InChI=1S/C25H29Cl2N5O3/c1-25(2,3)23(35)29-12-14-7-8-16(26)21(20(14)27)31-24-30-17-9-15(19(33)10-18(17)32(24)4)22(34)28-11-13-5-6-13/h7-10,13,33H,5-6,11-12H2,1-4H3,(H,28,34)(H,29,35)(H,30,31). The molecule has 0 aliphatic heterocycles. The summed E-state index contributed by atoms with van der Waals surface area (Å²) in [4.78, 5) is 29.4. The van der Waals surface area contributed by atoms with E-state index in [4.69, 9.17) is 23.2 Å². The second-order valence-electron chi connectivity index (χ2n) is 9.96. The number of aryl methyl sites for hydroxylation is 1. The maximum atomic E-state index is 12.5. The van der Waals surface area contributed by atoms with E-state index in [2.05, 4.69) is 20.9 Å². The Morgan fingerprint density at radius 1 is 1.17 bits per heavy atom. The number of phenols is 1. The normalized spacial score (nSPS) is 13.7. The average Bonchev–Trinajstić information content (AvgIpc) is 3.58. The molecule has 1 aliphatic carbocycles. The van der Waals surface area contributed by atoms with Gasteiger partial charge in [0.05, 0.1) is 32.3 Å². The van der Waals surface area contributed by atoms with Gasteiger partial charge in [-0.1, -0.05) is 50.0 Å².